The molecular formula is C15H22N2O. The molecule has 1 heterocycles. The van der Waals surface area contributed by atoms with Crippen LogP contribution in [0.4, 0.5) is 0 Å². The summed E-state index contributed by atoms with van der Waals surface area (Å²) in [6.07, 6.45) is 7.08. The second-order valence-electron chi connectivity index (χ2n) is 5.62. The van der Waals surface area contributed by atoms with E-state index in [-0.39, 0.29) is 0 Å². The first-order chi connectivity index (χ1) is 8.81. The van der Waals surface area contributed by atoms with Crippen molar-refractivity contribution in [1.29, 1.82) is 0 Å². The Bertz CT molecular complexity index is 391. The Labute approximate surface area is 109 Å². The molecule has 0 bridgehead atoms. The van der Waals surface area contributed by atoms with Crippen LogP contribution in [0.15, 0.2) is 35.0 Å². The molecule has 0 saturated heterocycles. The lowest BCUT2D eigenvalue weighted by atomic mass is 10.2. The maximum atomic E-state index is 5.44. The first-order valence-corrected chi connectivity index (χ1v) is 6.98. The second kappa shape index (κ2) is 5.29. The lowest BCUT2D eigenvalue weighted by Crippen LogP contribution is -2.31. The third kappa shape index (κ3) is 3.47. The Balaban J connectivity index is 1.48. The van der Waals surface area contributed by atoms with Crippen molar-refractivity contribution in [1.82, 2.24) is 10.2 Å². The molecule has 2 saturated carbocycles. The zero-order chi connectivity index (χ0) is 12.4. The fourth-order valence-corrected chi connectivity index (χ4v) is 2.28. The van der Waals surface area contributed by atoms with E-state index < -0.39 is 0 Å². The highest BCUT2D eigenvalue weighted by Gasteiger charge is 2.30. The van der Waals surface area contributed by atoms with Crippen molar-refractivity contribution in [3.05, 3.63) is 36.3 Å². The topological polar surface area (TPSA) is 28.4 Å². The first-order valence-electron chi connectivity index (χ1n) is 6.98. The molecule has 0 amide bonds. The van der Waals surface area contributed by atoms with E-state index in [4.69, 9.17) is 4.42 Å². The Morgan fingerprint density at radius 3 is 2.83 bits per heavy atom. The molecule has 3 heteroatoms. The van der Waals surface area contributed by atoms with E-state index in [2.05, 4.69) is 22.9 Å². The van der Waals surface area contributed by atoms with Gasteiger partial charge in [-0.3, -0.25) is 4.90 Å². The van der Waals surface area contributed by atoms with Crippen LogP contribution in [0.5, 0.6) is 0 Å². The lowest BCUT2D eigenvalue weighted by molar-refractivity contribution is 0.251. The second-order valence-corrected chi connectivity index (χ2v) is 5.62. The minimum Gasteiger partial charge on any atom is -0.468 e. The number of nitrogens with zero attached hydrogens (tertiary/aromatic N) is 1. The highest BCUT2D eigenvalue weighted by Crippen LogP contribution is 2.29. The molecule has 0 atom stereocenters. The van der Waals surface area contributed by atoms with Crippen LogP contribution in [-0.4, -0.2) is 30.1 Å². The number of furan rings is 1. The van der Waals surface area contributed by atoms with Gasteiger partial charge in [-0.2, -0.15) is 0 Å². The molecule has 98 valence electrons. The van der Waals surface area contributed by atoms with Crippen molar-refractivity contribution in [2.24, 2.45) is 0 Å². The van der Waals surface area contributed by atoms with Crippen LogP contribution in [0.2, 0.25) is 0 Å². The van der Waals surface area contributed by atoms with E-state index in [1.165, 1.54) is 31.3 Å². The number of rotatable bonds is 8. The lowest BCUT2D eigenvalue weighted by Gasteiger charge is -2.22. The van der Waals surface area contributed by atoms with E-state index in [1.807, 2.05) is 6.07 Å². The van der Waals surface area contributed by atoms with Crippen LogP contribution in [0.25, 0.3) is 0 Å². The van der Waals surface area contributed by atoms with E-state index in [0.717, 1.165) is 37.5 Å². The van der Waals surface area contributed by atoms with Crippen LogP contribution in [0.3, 0.4) is 0 Å². The van der Waals surface area contributed by atoms with E-state index in [9.17, 15) is 0 Å². The van der Waals surface area contributed by atoms with Gasteiger partial charge in [-0.25, -0.2) is 0 Å². The minimum absolute atomic E-state index is 0.743. The van der Waals surface area contributed by atoms with Crippen molar-refractivity contribution < 1.29 is 4.42 Å². The molecule has 2 aliphatic carbocycles. The van der Waals surface area contributed by atoms with Crippen LogP contribution in [-0.2, 0) is 6.54 Å². The molecular weight excluding hydrogens is 224 g/mol. The highest BCUT2D eigenvalue weighted by atomic mass is 16.3. The predicted octanol–water partition coefficient (Wildman–Crippen LogP) is 2.55. The molecule has 0 spiro atoms. The predicted molar refractivity (Wildman–Crippen MR) is 72.3 cm³/mol. The molecule has 0 aliphatic heterocycles. The van der Waals surface area contributed by atoms with Gasteiger partial charge in [0, 0.05) is 25.2 Å². The molecule has 1 N–H and O–H groups in total. The molecule has 1 aromatic heterocycles. The largest absolute Gasteiger partial charge is 0.468 e. The SMILES string of the molecule is C=C(CNC1CC1)CN(Cc1ccco1)C1CC1. The Morgan fingerprint density at radius 2 is 2.22 bits per heavy atom. The minimum atomic E-state index is 0.743. The standard InChI is InChI=1S/C15H22N2O/c1-12(9-16-13-4-5-13)10-17(14-6-7-14)11-15-3-2-8-18-15/h2-3,8,13-14,16H,1,4-7,9-11H2. The summed E-state index contributed by atoms with van der Waals surface area (Å²) in [5.41, 5.74) is 1.29. The van der Waals surface area contributed by atoms with Crippen LogP contribution >= 0.6 is 0 Å². The van der Waals surface area contributed by atoms with Gasteiger partial charge in [-0.15, -0.1) is 0 Å². The van der Waals surface area contributed by atoms with Crippen LogP contribution < -0.4 is 5.32 Å². The van der Waals surface area contributed by atoms with Gasteiger partial charge in [0.25, 0.3) is 0 Å². The summed E-state index contributed by atoms with van der Waals surface area (Å²) < 4.78 is 5.44. The van der Waals surface area contributed by atoms with E-state index in [1.54, 1.807) is 6.26 Å². The summed E-state index contributed by atoms with van der Waals surface area (Å²) in [6.45, 7) is 7.07. The molecule has 2 aliphatic rings. The van der Waals surface area contributed by atoms with Gasteiger partial charge < -0.3 is 9.73 Å². The first kappa shape index (κ1) is 12.0. The van der Waals surface area contributed by atoms with Crippen LogP contribution in [0.1, 0.15) is 31.4 Å². The zero-order valence-electron chi connectivity index (χ0n) is 10.9. The van der Waals surface area contributed by atoms with Gasteiger partial charge in [0.2, 0.25) is 0 Å². The summed E-state index contributed by atoms with van der Waals surface area (Å²) in [4.78, 5) is 2.50. The summed E-state index contributed by atoms with van der Waals surface area (Å²) in [7, 11) is 0. The maximum absolute atomic E-state index is 5.44. The average Bonchev–Trinajstić information content (AvgIpc) is 3.27. The Morgan fingerprint density at radius 1 is 1.39 bits per heavy atom. The third-order valence-corrected chi connectivity index (χ3v) is 3.65. The molecule has 2 fully saturated rings. The Kier molecular flexibility index (Phi) is 3.52. The Hall–Kier alpha value is -1.06. The van der Waals surface area contributed by atoms with Crippen molar-refractivity contribution in [2.75, 3.05) is 13.1 Å². The monoisotopic (exact) mass is 246 g/mol. The normalized spacial score (nSPS) is 19.4. The quantitative estimate of drug-likeness (QED) is 0.715. The summed E-state index contributed by atoms with van der Waals surface area (Å²) in [5, 5.41) is 3.53. The van der Waals surface area contributed by atoms with Gasteiger partial charge in [-0.1, -0.05) is 6.58 Å². The maximum Gasteiger partial charge on any atom is 0.117 e. The summed E-state index contributed by atoms with van der Waals surface area (Å²) in [6, 6.07) is 5.53. The molecule has 0 radical (unpaired) electrons. The van der Waals surface area contributed by atoms with Gasteiger partial charge in [0.15, 0.2) is 0 Å². The number of hydrogen-bond donors (Lipinski definition) is 1. The van der Waals surface area contributed by atoms with E-state index >= 15 is 0 Å². The summed E-state index contributed by atoms with van der Waals surface area (Å²) >= 11 is 0. The number of nitrogens with one attached hydrogen (secondary N) is 1. The smallest absolute Gasteiger partial charge is 0.117 e. The van der Waals surface area contributed by atoms with Crippen LogP contribution in [0, 0.1) is 0 Å². The van der Waals surface area contributed by atoms with Gasteiger partial charge in [0.05, 0.1) is 12.8 Å². The highest BCUT2D eigenvalue weighted by molar-refractivity contribution is 5.06. The molecule has 0 aromatic carbocycles. The van der Waals surface area contributed by atoms with Crippen molar-refractivity contribution in [3.63, 3.8) is 0 Å². The number of hydrogen-bond acceptors (Lipinski definition) is 3. The summed E-state index contributed by atoms with van der Waals surface area (Å²) in [5.74, 6) is 1.06. The van der Waals surface area contributed by atoms with Crippen molar-refractivity contribution in [3.8, 4) is 0 Å². The molecule has 0 unspecified atom stereocenters. The fraction of sp³-hybridized carbons (Fsp3) is 0.600. The van der Waals surface area contributed by atoms with E-state index in [0.29, 0.717) is 0 Å². The van der Waals surface area contributed by atoms with Crippen molar-refractivity contribution in [2.45, 2.75) is 44.3 Å². The molecule has 3 rings (SSSR count). The average molecular weight is 246 g/mol. The fourth-order valence-electron chi connectivity index (χ4n) is 2.28. The molecule has 18 heavy (non-hydrogen) atoms. The zero-order valence-corrected chi connectivity index (χ0v) is 10.9. The van der Waals surface area contributed by atoms with Gasteiger partial charge >= 0.3 is 0 Å². The molecule has 3 nitrogen and oxygen atoms in total. The van der Waals surface area contributed by atoms with Crippen molar-refractivity contribution >= 4 is 0 Å². The van der Waals surface area contributed by atoms with Gasteiger partial charge in [-0.05, 0) is 43.4 Å². The third-order valence-electron chi connectivity index (χ3n) is 3.65. The van der Waals surface area contributed by atoms with Gasteiger partial charge in [0.1, 0.15) is 5.76 Å². The molecule has 1 aromatic rings.